The lowest BCUT2D eigenvalue weighted by Crippen LogP contribution is -2.13. The van der Waals surface area contributed by atoms with Gasteiger partial charge in [-0.25, -0.2) is 4.79 Å². The van der Waals surface area contributed by atoms with Gasteiger partial charge in [-0.15, -0.1) is 0 Å². The Kier molecular flexibility index (Phi) is 4.17. The summed E-state index contributed by atoms with van der Waals surface area (Å²) in [6.07, 6.45) is 0. The van der Waals surface area contributed by atoms with Crippen molar-refractivity contribution in [3.63, 3.8) is 0 Å². The van der Waals surface area contributed by atoms with Crippen molar-refractivity contribution in [3.8, 4) is 5.75 Å². The van der Waals surface area contributed by atoms with Crippen LogP contribution in [0.2, 0.25) is 0 Å². The first-order chi connectivity index (χ1) is 6.22. The number of hydrogen-bond donors (Lipinski definition) is 0. The Morgan fingerprint density at radius 3 is 2.54 bits per heavy atom. The fourth-order valence-corrected chi connectivity index (χ4v) is 1.14. The van der Waals surface area contributed by atoms with Crippen molar-refractivity contribution in [1.29, 1.82) is 0 Å². The van der Waals surface area contributed by atoms with E-state index in [9.17, 15) is 4.79 Å². The molecule has 0 aliphatic rings. The summed E-state index contributed by atoms with van der Waals surface area (Å²) in [5.41, 5.74) is 0. The molecule has 0 N–H and O–H groups in total. The van der Waals surface area contributed by atoms with E-state index in [1.807, 2.05) is 12.1 Å². The van der Waals surface area contributed by atoms with Gasteiger partial charge in [0.05, 0.1) is 0 Å². The van der Waals surface area contributed by atoms with Gasteiger partial charge in [-0.1, -0.05) is 0 Å². The molecule has 0 aromatic heterocycles. The van der Waals surface area contributed by atoms with Crippen molar-refractivity contribution in [2.75, 3.05) is 13.7 Å². The molecule has 1 aromatic rings. The predicted octanol–water partition coefficient (Wildman–Crippen LogP) is 1.84. The second kappa shape index (κ2) is 5.18. The minimum atomic E-state index is -0.385. The number of ether oxygens (including phenoxy) is 2. The van der Waals surface area contributed by atoms with Crippen LogP contribution in [0.3, 0.4) is 0 Å². The number of carbonyl (C=O) groups excluding carboxylic acids is 1. The van der Waals surface area contributed by atoms with E-state index in [1.54, 1.807) is 12.1 Å². The molecule has 0 fully saturated rings. The van der Waals surface area contributed by atoms with Crippen LogP contribution < -0.4 is 4.74 Å². The summed E-state index contributed by atoms with van der Waals surface area (Å²) >= 11 is 2.18. The quantitative estimate of drug-likeness (QED) is 0.484. The maximum Gasteiger partial charge on any atom is 0.337 e. The molecule has 0 unspecified atom stereocenters. The normalized spacial score (nSPS) is 9.69. The van der Waals surface area contributed by atoms with Gasteiger partial charge in [0.15, 0.2) is 0 Å². The molecule has 0 aliphatic heterocycles. The lowest BCUT2D eigenvalue weighted by Gasteiger charge is -2.02. The highest BCUT2D eigenvalue weighted by atomic mass is 127. The van der Waals surface area contributed by atoms with Gasteiger partial charge in [0.1, 0.15) is 12.4 Å². The highest BCUT2D eigenvalue weighted by molar-refractivity contribution is 14.1. The average molecular weight is 292 g/mol. The van der Waals surface area contributed by atoms with Gasteiger partial charge in [0.25, 0.3) is 0 Å². The summed E-state index contributed by atoms with van der Waals surface area (Å²) in [6, 6.07) is 7.23. The first-order valence-corrected chi connectivity index (χ1v) is 4.75. The summed E-state index contributed by atoms with van der Waals surface area (Å²) in [7, 11) is 1.45. The van der Waals surface area contributed by atoms with E-state index >= 15 is 0 Å². The molecule has 1 rings (SSSR count). The number of carbonyl (C=O) groups is 1. The van der Waals surface area contributed by atoms with E-state index in [0.717, 1.165) is 3.57 Å². The smallest absolute Gasteiger partial charge is 0.337 e. The monoisotopic (exact) mass is 292 g/mol. The molecular formula is C9H9IO3. The average Bonchev–Trinajstić information content (AvgIpc) is 2.09. The zero-order valence-electron chi connectivity index (χ0n) is 7.12. The van der Waals surface area contributed by atoms with Crippen LogP contribution >= 0.6 is 22.6 Å². The minimum absolute atomic E-state index is 0.0218. The second-order valence-electron chi connectivity index (χ2n) is 2.36. The molecule has 1 aromatic carbocycles. The molecule has 0 atom stereocenters. The molecule has 0 bridgehead atoms. The minimum Gasteiger partial charge on any atom is -0.425 e. The van der Waals surface area contributed by atoms with Crippen LogP contribution in [-0.4, -0.2) is 19.7 Å². The van der Waals surface area contributed by atoms with Crippen LogP contribution in [0, 0.1) is 3.57 Å². The van der Waals surface area contributed by atoms with Gasteiger partial charge in [-0.2, -0.15) is 0 Å². The number of benzene rings is 1. The van der Waals surface area contributed by atoms with Crippen molar-refractivity contribution in [3.05, 3.63) is 27.8 Å². The Labute approximate surface area is 90.2 Å². The molecule has 3 nitrogen and oxygen atoms in total. The zero-order valence-corrected chi connectivity index (χ0v) is 9.28. The van der Waals surface area contributed by atoms with Crippen LogP contribution in [-0.2, 0) is 9.53 Å². The Balaban J connectivity index is 2.54. The van der Waals surface area contributed by atoms with Gasteiger partial charge in [-0.3, -0.25) is 0 Å². The van der Waals surface area contributed by atoms with Gasteiger partial charge in [-0.05, 0) is 46.9 Å². The van der Waals surface area contributed by atoms with Crippen LogP contribution in [0.25, 0.3) is 0 Å². The molecule has 0 spiro atoms. The van der Waals surface area contributed by atoms with Gasteiger partial charge >= 0.3 is 5.97 Å². The maximum absolute atomic E-state index is 10.9. The van der Waals surface area contributed by atoms with Crippen LogP contribution in [0.4, 0.5) is 0 Å². The van der Waals surface area contributed by atoms with Crippen LogP contribution in [0.1, 0.15) is 0 Å². The molecule has 0 amide bonds. The first-order valence-electron chi connectivity index (χ1n) is 3.67. The molecule has 4 heteroatoms. The highest BCUT2D eigenvalue weighted by Crippen LogP contribution is 2.13. The third kappa shape index (κ3) is 3.73. The summed E-state index contributed by atoms with van der Waals surface area (Å²) in [4.78, 5) is 10.9. The summed E-state index contributed by atoms with van der Waals surface area (Å²) in [5, 5.41) is 0. The van der Waals surface area contributed by atoms with Crippen molar-refractivity contribution in [2.45, 2.75) is 0 Å². The number of methoxy groups -OCH3 is 1. The SMILES string of the molecule is COCC(=O)Oc1ccc(I)cc1. The third-order valence-corrected chi connectivity index (χ3v) is 2.03. The van der Waals surface area contributed by atoms with E-state index < -0.39 is 0 Å². The topological polar surface area (TPSA) is 35.5 Å². The largest absolute Gasteiger partial charge is 0.425 e. The fraction of sp³-hybridized carbons (Fsp3) is 0.222. The highest BCUT2D eigenvalue weighted by Gasteiger charge is 2.02. The van der Waals surface area contributed by atoms with Crippen molar-refractivity contribution in [2.24, 2.45) is 0 Å². The Morgan fingerprint density at radius 1 is 1.38 bits per heavy atom. The molecule has 0 aliphatic carbocycles. The molecule has 0 saturated heterocycles. The molecule has 0 heterocycles. The first kappa shape index (κ1) is 10.5. The number of esters is 1. The Bertz CT molecular complexity index is 281. The van der Waals surface area contributed by atoms with E-state index in [0.29, 0.717) is 5.75 Å². The van der Waals surface area contributed by atoms with Crippen LogP contribution in [0.15, 0.2) is 24.3 Å². The maximum atomic E-state index is 10.9. The lowest BCUT2D eigenvalue weighted by molar-refractivity contribution is -0.138. The van der Waals surface area contributed by atoms with Crippen LogP contribution in [0.5, 0.6) is 5.75 Å². The summed E-state index contributed by atoms with van der Waals surface area (Å²) in [6.45, 7) is -0.0218. The molecule has 0 radical (unpaired) electrons. The zero-order chi connectivity index (χ0) is 9.68. The van der Waals surface area contributed by atoms with E-state index in [-0.39, 0.29) is 12.6 Å². The number of halogens is 1. The second-order valence-corrected chi connectivity index (χ2v) is 3.61. The standard InChI is InChI=1S/C9H9IO3/c1-12-6-9(11)13-8-4-2-7(10)3-5-8/h2-5H,6H2,1H3. The van der Waals surface area contributed by atoms with E-state index in [4.69, 9.17) is 4.74 Å². The fourth-order valence-electron chi connectivity index (χ4n) is 0.781. The molecular weight excluding hydrogens is 283 g/mol. The predicted molar refractivity (Wildman–Crippen MR) is 56.7 cm³/mol. The number of hydrogen-bond acceptors (Lipinski definition) is 3. The Hall–Kier alpha value is -0.620. The van der Waals surface area contributed by atoms with E-state index in [1.165, 1.54) is 7.11 Å². The molecule has 70 valence electrons. The van der Waals surface area contributed by atoms with Crippen molar-refractivity contribution < 1.29 is 14.3 Å². The number of rotatable bonds is 3. The molecule has 0 saturated carbocycles. The molecule has 13 heavy (non-hydrogen) atoms. The van der Waals surface area contributed by atoms with Crippen molar-refractivity contribution in [1.82, 2.24) is 0 Å². The van der Waals surface area contributed by atoms with Crippen molar-refractivity contribution >= 4 is 28.6 Å². The van der Waals surface area contributed by atoms with Gasteiger partial charge < -0.3 is 9.47 Å². The third-order valence-electron chi connectivity index (χ3n) is 1.31. The van der Waals surface area contributed by atoms with E-state index in [2.05, 4.69) is 27.3 Å². The van der Waals surface area contributed by atoms with Gasteiger partial charge in [0.2, 0.25) is 0 Å². The van der Waals surface area contributed by atoms with Gasteiger partial charge in [0, 0.05) is 10.7 Å². The summed E-state index contributed by atoms with van der Waals surface area (Å²) < 4.78 is 10.7. The summed E-state index contributed by atoms with van der Waals surface area (Å²) in [5.74, 6) is 0.158. The Morgan fingerprint density at radius 2 is 2.00 bits per heavy atom. The lowest BCUT2D eigenvalue weighted by atomic mass is 10.3.